The van der Waals surface area contributed by atoms with Crippen molar-refractivity contribution in [2.24, 2.45) is 0 Å². The third-order valence-corrected chi connectivity index (χ3v) is 20.9. The molecule has 0 aliphatic heterocycles. The topological polar surface area (TPSA) is 0 Å². The van der Waals surface area contributed by atoms with Gasteiger partial charge in [-0.15, -0.1) is 0 Å². The van der Waals surface area contributed by atoms with Gasteiger partial charge in [0.05, 0.1) is 0 Å². The van der Waals surface area contributed by atoms with Crippen molar-refractivity contribution in [3.05, 3.63) is 0 Å². The number of rotatable bonds is 3. The normalized spacial score (nSPS) is 29.2. The van der Waals surface area contributed by atoms with Gasteiger partial charge in [-0.05, 0) is 0 Å². The summed E-state index contributed by atoms with van der Waals surface area (Å²) < 4.78 is 4.06. The van der Waals surface area contributed by atoms with Gasteiger partial charge in [-0.3, -0.25) is 0 Å². The van der Waals surface area contributed by atoms with E-state index in [1.807, 2.05) is 0 Å². The molecule has 3 aliphatic carbocycles. The first kappa shape index (κ1) is 11.9. The second-order valence-corrected chi connectivity index (χ2v) is 18.1. The van der Waals surface area contributed by atoms with Crippen molar-refractivity contribution in [2.75, 3.05) is 0 Å². The predicted molar refractivity (Wildman–Crippen MR) is 72.4 cm³/mol. The Hall–Kier alpha value is 0.870. The third-order valence-electron chi connectivity index (χ3n) is 5.83. The molecule has 0 unspecified atom stereocenters. The summed E-state index contributed by atoms with van der Waals surface area (Å²) in [7, 11) is 0. The predicted octanol–water partition coefficient (Wildman–Crippen LogP) is 5.31. The van der Waals surface area contributed by atoms with Crippen LogP contribution < -0.4 is 0 Å². The monoisotopic (exact) mass is 322 g/mol. The van der Waals surface area contributed by atoms with Crippen LogP contribution in [0.25, 0.3) is 0 Å². The van der Waals surface area contributed by atoms with Crippen LogP contribution in [-0.2, 0) is 0 Å². The molecule has 0 spiro atoms. The molecule has 90 valence electrons. The molecule has 0 amide bonds. The molecule has 0 aromatic carbocycles. The van der Waals surface area contributed by atoms with E-state index in [0.717, 1.165) is 0 Å². The van der Waals surface area contributed by atoms with E-state index in [-0.39, 0.29) is 0 Å². The van der Waals surface area contributed by atoms with Gasteiger partial charge < -0.3 is 0 Å². The molecule has 1 heteroatoms. The van der Waals surface area contributed by atoms with E-state index in [4.69, 9.17) is 0 Å². The molecular formula is C15H27In. The Kier molecular flexibility index (Phi) is 4.23. The van der Waals surface area contributed by atoms with Crippen molar-refractivity contribution in [2.45, 2.75) is 88.1 Å². The van der Waals surface area contributed by atoms with Gasteiger partial charge in [-0.1, -0.05) is 0 Å². The van der Waals surface area contributed by atoms with E-state index >= 15 is 0 Å². The van der Waals surface area contributed by atoms with Crippen molar-refractivity contribution in [1.29, 1.82) is 0 Å². The quantitative estimate of drug-likeness (QED) is 0.660. The van der Waals surface area contributed by atoms with Crippen molar-refractivity contribution in [1.82, 2.24) is 0 Å². The first-order valence-electron chi connectivity index (χ1n) is 7.95. The van der Waals surface area contributed by atoms with Gasteiger partial charge >= 0.3 is 110 Å². The van der Waals surface area contributed by atoms with Crippen molar-refractivity contribution in [3.8, 4) is 0 Å². The zero-order valence-corrected chi connectivity index (χ0v) is 14.1. The van der Waals surface area contributed by atoms with Gasteiger partial charge in [0.15, 0.2) is 0 Å². The maximum atomic E-state index is 1.67. The molecular weight excluding hydrogens is 295 g/mol. The van der Waals surface area contributed by atoms with Crippen LogP contribution in [0.4, 0.5) is 0 Å². The van der Waals surface area contributed by atoms with Crippen LogP contribution in [0.15, 0.2) is 0 Å². The maximum absolute atomic E-state index is 1.67. The Balaban J connectivity index is 1.70. The molecule has 3 fully saturated rings. The van der Waals surface area contributed by atoms with Crippen LogP contribution in [0.3, 0.4) is 0 Å². The molecule has 3 rings (SSSR count). The standard InChI is InChI=1S/3C5H9.In/c3*1-2-4-5-3-1;/h3*1H,2-5H2;. The summed E-state index contributed by atoms with van der Waals surface area (Å²) in [6.45, 7) is 0. The first-order valence-corrected chi connectivity index (χ1v) is 13.7. The van der Waals surface area contributed by atoms with Crippen LogP contribution in [0, 0.1) is 0 Å². The Labute approximate surface area is 109 Å². The van der Waals surface area contributed by atoms with Gasteiger partial charge in [-0.25, -0.2) is 0 Å². The Morgan fingerprint density at radius 3 is 0.938 bits per heavy atom. The average Bonchev–Trinajstić information content (AvgIpc) is 3.02. The van der Waals surface area contributed by atoms with E-state index in [1.54, 1.807) is 77.0 Å². The SMILES string of the molecule is C1CC[CH]([In]([CH]2CCCC2)[CH]2CCCC2)C1. The molecule has 3 saturated carbocycles. The number of hydrogen-bond acceptors (Lipinski definition) is 0. The van der Waals surface area contributed by atoms with Gasteiger partial charge in [0.25, 0.3) is 0 Å². The van der Waals surface area contributed by atoms with Crippen LogP contribution in [0.1, 0.15) is 77.0 Å². The van der Waals surface area contributed by atoms with E-state index in [9.17, 15) is 0 Å². The summed E-state index contributed by atoms with van der Waals surface area (Å²) in [6, 6.07) is 0. The summed E-state index contributed by atoms with van der Waals surface area (Å²) in [4.78, 5) is 0. The summed E-state index contributed by atoms with van der Waals surface area (Å²) in [5.74, 6) is 0. The second-order valence-electron chi connectivity index (χ2n) is 6.71. The van der Waals surface area contributed by atoms with Crippen LogP contribution in [0.2, 0.25) is 11.0 Å². The van der Waals surface area contributed by atoms with E-state index in [2.05, 4.69) is 0 Å². The van der Waals surface area contributed by atoms with E-state index in [1.165, 1.54) is 11.0 Å². The molecule has 0 aromatic rings. The molecule has 0 bridgehead atoms. The molecule has 0 radical (unpaired) electrons. The Morgan fingerprint density at radius 1 is 0.438 bits per heavy atom. The number of hydrogen-bond donors (Lipinski definition) is 0. The Morgan fingerprint density at radius 2 is 0.688 bits per heavy atom. The fraction of sp³-hybridized carbons (Fsp3) is 1.00. The van der Waals surface area contributed by atoms with Crippen molar-refractivity contribution < 1.29 is 0 Å². The van der Waals surface area contributed by atoms with Crippen molar-refractivity contribution >= 4 is 21.4 Å². The molecule has 0 aromatic heterocycles. The van der Waals surface area contributed by atoms with Crippen LogP contribution in [0.5, 0.6) is 0 Å². The minimum absolute atomic E-state index is 1.19. The molecule has 0 saturated heterocycles. The summed E-state index contributed by atoms with van der Waals surface area (Å²) in [5, 5.41) is 0. The van der Waals surface area contributed by atoms with Gasteiger partial charge in [0, 0.05) is 0 Å². The first-order chi connectivity index (χ1) is 7.95. The summed E-state index contributed by atoms with van der Waals surface area (Å²) in [6.07, 6.45) is 19.6. The van der Waals surface area contributed by atoms with Gasteiger partial charge in [0.1, 0.15) is 0 Å². The fourth-order valence-electron chi connectivity index (χ4n) is 5.18. The third kappa shape index (κ3) is 2.49. The second kappa shape index (κ2) is 5.67. The zero-order chi connectivity index (χ0) is 10.8. The van der Waals surface area contributed by atoms with Crippen molar-refractivity contribution in [3.63, 3.8) is 0 Å². The molecule has 0 heterocycles. The molecule has 16 heavy (non-hydrogen) atoms. The van der Waals surface area contributed by atoms with Gasteiger partial charge in [-0.2, -0.15) is 0 Å². The van der Waals surface area contributed by atoms with Crippen LogP contribution in [-0.4, -0.2) is 21.4 Å². The summed E-state index contributed by atoms with van der Waals surface area (Å²) >= 11 is -1.19. The molecule has 0 atom stereocenters. The molecule has 0 nitrogen and oxygen atoms in total. The molecule has 3 aliphatic rings. The van der Waals surface area contributed by atoms with E-state index < -0.39 is 21.4 Å². The minimum atomic E-state index is -1.19. The zero-order valence-electron chi connectivity index (χ0n) is 10.8. The van der Waals surface area contributed by atoms with Gasteiger partial charge in [0.2, 0.25) is 0 Å². The Bertz CT molecular complexity index is 169. The van der Waals surface area contributed by atoms with E-state index in [0.29, 0.717) is 0 Å². The average molecular weight is 322 g/mol. The summed E-state index contributed by atoms with van der Waals surface area (Å²) in [5.41, 5.74) is 0. The molecule has 0 N–H and O–H groups in total. The van der Waals surface area contributed by atoms with Crippen LogP contribution >= 0.6 is 0 Å². The fourth-order valence-corrected chi connectivity index (χ4v) is 22.4.